The zero-order valence-corrected chi connectivity index (χ0v) is 16.6. The third-order valence-electron chi connectivity index (χ3n) is 5.29. The maximum atomic E-state index is 12.6. The Balaban J connectivity index is 1.73. The van der Waals surface area contributed by atoms with Crippen molar-refractivity contribution in [2.24, 2.45) is 0 Å². The van der Waals surface area contributed by atoms with E-state index >= 15 is 0 Å². The van der Waals surface area contributed by atoms with Crippen molar-refractivity contribution in [2.45, 2.75) is 46.1 Å². The maximum Gasteiger partial charge on any atom is 0.251 e. The normalized spacial score (nSPS) is 15.4. The molecule has 2 aromatic rings. The van der Waals surface area contributed by atoms with Crippen molar-refractivity contribution in [2.75, 3.05) is 0 Å². The lowest BCUT2D eigenvalue weighted by atomic mass is 9.89. The summed E-state index contributed by atoms with van der Waals surface area (Å²) < 4.78 is 1.62. The standard InChI is InChI=1S/C24H25NO3/c1-16-13-17(2)21(23(27)14-16)9-10-22(26)20-11-12-25(24(28)15-20)18(3)19-7-5-4-6-8-19/h4-8,11-13,15,18H,9-10,14H2,1-3H3/t18-/m1/s1. The molecule has 4 heteroatoms. The average molecular weight is 375 g/mol. The van der Waals surface area contributed by atoms with Crippen LogP contribution >= 0.6 is 0 Å². The van der Waals surface area contributed by atoms with Gasteiger partial charge in [0.15, 0.2) is 11.6 Å². The quantitative estimate of drug-likeness (QED) is 0.690. The van der Waals surface area contributed by atoms with E-state index in [0.29, 0.717) is 18.4 Å². The van der Waals surface area contributed by atoms with Crippen LogP contribution in [0.15, 0.2) is 76.3 Å². The molecule has 1 aromatic carbocycles. The van der Waals surface area contributed by atoms with Gasteiger partial charge in [-0.15, -0.1) is 0 Å². The maximum absolute atomic E-state index is 12.6. The predicted octanol–water partition coefficient (Wildman–Crippen LogP) is 4.66. The van der Waals surface area contributed by atoms with E-state index in [-0.39, 0.29) is 29.6 Å². The molecular weight excluding hydrogens is 350 g/mol. The Bertz CT molecular complexity index is 1030. The molecule has 28 heavy (non-hydrogen) atoms. The van der Waals surface area contributed by atoms with Crippen molar-refractivity contribution in [3.05, 3.63) is 92.9 Å². The van der Waals surface area contributed by atoms with Crippen molar-refractivity contribution in [1.29, 1.82) is 0 Å². The average Bonchev–Trinajstić information content (AvgIpc) is 2.67. The molecule has 0 saturated carbocycles. The van der Waals surface area contributed by atoms with Crippen LogP contribution in [0.4, 0.5) is 0 Å². The van der Waals surface area contributed by atoms with Crippen molar-refractivity contribution in [3.63, 3.8) is 0 Å². The Morgan fingerprint density at radius 3 is 2.46 bits per heavy atom. The lowest BCUT2D eigenvalue weighted by Crippen LogP contribution is -2.24. The number of allylic oxidation sites excluding steroid dienone is 4. The first kappa shape index (κ1) is 19.7. The number of aromatic nitrogens is 1. The Labute approximate surface area is 165 Å². The molecule has 0 aliphatic heterocycles. The molecule has 1 aliphatic carbocycles. The van der Waals surface area contributed by atoms with Gasteiger partial charge >= 0.3 is 0 Å². The van der Waals surface area contributed by atoms with Crippen LogP contribution in [0.25, 0.3) is 0 Å². The highest BCUT2D eigenvalue weighted by atomic mass is 16.1. The number of nitrogens with zero attached hydrogens (tertiary/aromatic N) is 1. The van der Waals surface area contributed by atoms with Gasteiger partial charge in [0.1, 0.15) is 0 Å². The SMILES string of the molecule is CC1=CC(C)=C(CCC(=O)c2ccn([C@H](C)c3ccccc3)c(=O)c2)C(=O)C1. The summed E-state index contributed by atoms with van der Waals surface area (Å²) >= 11 is 0. The van der Waals surface area contributed by atoms with Crippen molar-refractivity contribution < 1.29 is 9.59 Å². The molecule has 3 rings (SSSR count). The number of carbonyl (C=O) groups excluding carboxylic acids is 2. The van der Waals surface area contributed by atoms with Crippen LogP contribution in [0, 0.1) is 0 Å². The van der Waals surface area contributed by atoms with Gasteiger partial charge < -0.3 is 4.57 Å². The fraction of sp³-hybridized carbons (Fsp3) is 0.292. The second-order valence-corrected chi connectivity index (χ2v) is 7.42. The Morgan fingerprint density at radius 2 is 1.82 bits per heavy atom. The molecule has 0 radical (unpaired) electrons. The molecule has 144 valence electrons. The van der Waals surface area contributed by atoms with Gasteiger partial charge in [-0.2, -0.15) is 0 Å². The number of benzene rings is 1. The number of ketones is 2. The molecule has 1 atom stereocenters. The Kier molecular flexibility index (Phi) is 5.88. The predicted molar refractivity (Wildman–Crippen MR) is 111 cm³/mol. The van der Waals surface area contributed by atoms with E-state index in [1.54, 1.807) is 16.8 Å². The van der Waals surface area contributed by atoms with Gasteiger partial charge in [0.05, 0.1) is 6.04 Å². The first-order valence-corrected chi connectivity index (χ1v) is 9.57. The topological polar surface area (TPSA) is 56.1 Å². The molecule has 0 amide bonds. The van der Waals surface area contributed by atoms with E-state index in [2.05, 4.69) is 0 Å². The van der Waals surface area contributed by atoms with Crippen molar-refractivity contribution in [1.82, 2.24) is 4.57 Å². The van der Waals surface area contributed by atoms with E-state index in [1.165, 1.54) is 6.07 Å². The van der Waals surface area contributed by atoms with E-state index in [4.69, 9.17) is 0 Å². The van der Waals surface area contributed by atoms with Gasteiger partial charge in [-0.05, 0) is 50.0 Å². The molecule has 0 N–H and O–H groups in total. The Morgan fingerprint density at radius 1 is 1.11 bits per heavy atom. The zero-order chi connectivity index (χ0) is 20.3. The molecule has 1 aliphatic rings. The van der Waals surface area contributed by atoms with Gasteiger partial charge in [0.2, 0.25) is 0 Å². The first-order chi connectivity index (χ1) is 13.4. The molecule has 0 unspecified atom stereocenters. The highest BCUT2D eigenvalue weighted by Gasteiger charge is 2.19. The van der Waals surface area contributed by atoms with Crippen LogP contribution < -0.4 is 5.56 Å². The second kappa shape index (κ2) is 8.34. The summed E-state index contributed by atoms with van der Waals surface area (Å²) in [6, 6.07) is 12.7. The molecular formula is C24H25NO3. The highest BCUT2D eigenvalue weighted by molar-refractivity contribution is 6.01. The number of hydrogen-bond acceptors (Lipinski definition) is 3. The molecule has 0 spiro atoms. The first-order valence-electron chi connectivity index (χ1n) is 9.57. The van der Waals surface area contributed by atoms with Crippen LogP contribution in [0.2, 0.25) is 0 Å². The van der Waals surface area contributed by atoms with E-state index in [9.17, 15) is 14.4 Å². The van der Waals surface area contributed by atoms with Crippen LogP contribution in [0.3, 0.4) is 0 Å². The third kappa shape index (κ3) is 4.28. The third-order valence-corrected chi connectivity index (χ3v) is 5.29. The fourth-order valence-corrected chi connectivity index (χ4v) is 3.68. The van der Waals surface area contributed by atoms with Crippen molar-refractivity contribution >= 4 is 11.6 Å². The Hall–Kier alpha value is -3.01. The van der Waals surface area contributed by atoms with E-state index in [1.807, 2.05) is 57.2 Å². The minimum atomic E-state index is -0.204. The van der Waals surface area contributed by atoms with Gasteiger partial charge in [-0.3, -0.25) is 14.4 Å². The summed E-state index contributed by atoms with van der Waals surface area (Å²) in [5.41, 5.74) is 3.94. The number of hydrogen-bond donors (Lipinski definition) is 0. The molecule has 1 heterocycles. The molecule has 0 bridgehead atoms. The van der Waals surface area contributed by atoms with Gasteiger partial charge in [-0.25, -0.2) is 0 Å². The van der Waals surface area contributed by atoms with Crippen LogP contribution in [0.5, 0.6) is 0 Å². The number of Topliss-reactive ketones (excluding diaryl/α,β-unsaturated/α-hetero) is 2. The summed E-state index contributed by atoms with van der Waals surface area (Å²) in [7, 11) is 0. The van der Waals surface area contributed by atoms with E-state index < -0.39 is 0 Å². The summed E-state index contributed by atoms with van der Waals surface area (Å²) in [5, 5.41) is 0. The second-order valence-electron chi connectivity index (χ2n) is 7.42. The van der Waals surface area contributed by atoms with Gasteiger partial charge in [0, 0.05) is 30.7 Å². The molecule has 1 aromatic heterocycles. The summed E-state index contributed by atoms with van der Waals surface area (Å²) in [6.45, 7) is 5.80. The minimum Gasteiger partial charge on any atom is -0.308 e. The lowest BCUT2D eigenvalue weighted by molar-refractivity contribution is -0.115. The monoisotopic (exact) mass is 375 g/mol. The molecule has 0 saturated heterocycles. The number of rotatable bonds is 6. The molecule has 0 fully saturated rings. The summed E-state index contributed by atoms with van der Waals surface area (Å²) in [4.78, 5) is 37.3. The smallest absolute Gasteiger partial charge is 0.251 e. The lowest BCUT2D eigenvalue weighted by Gasteiger charge is -2.16. The largest absolute Gasteiger partial charge is 0.308 e. The van der Waals surface area contributed by atoms with Gasteiger partial charge in [-0.1, -0.05) is 42.0 Å². The summed E-state index contributed by atoms with van der Waals surface area (Å²) in [5.74, 6) is -0.0200. The number of pyridine rings is 1. The zero-order valence-electron chi connectivity index (χ0n) is 16.6. The fourth-order valence-electron chi connectivity index (χ4n) is 3.68. The van der Waals surface area contributed by atoms with Crippen LogP contribution in [-0.2, 0) is 4.79 Å². The van der Waals surface area contributed by atoms with Crippen LogP contribution in [-0.4, -0.2) is 16.1 Å². The number of carbonyl (C=O) groups is 2. The minimum absolute atomic E-state index is 0.0948. The highest BCUT2D eigenvalue weighted by Crippen LogP contribution is 2.24. The van der Waals surface area contributed by atoms with Gasteiger partial charge in [0.25, 0.3) is 5.56 Å². The molecule has 4 nitrogen and oxygen atoms in total. The van der Waals surface area contributed by atoms with E-state index in [0.717, 1.165) is 22.3 Å². The van der Waals surface area contributed by atoms with Crippen LogP contribution in [0.1, 0.15) is 62.0 Å². The summed E-state index contributed by atoms with van der Waals surface area (Å²) in [6.07, 6.45) is 4.75. The van der Waals surface area contributed by atoms with Crippen molar-refractivity contribution in [3.8, 4) is 0 Å².